The molecule has 4 aromatic rings. The smallest absolute Gasteiger partial charge is 0.245 e. The van der Waals surface area contributed by atoms with Gasteiger partial charge in [-0.1, -0.05) is 12.6 Å². The predicted octanol–water partition coefficient (Wildman–Crippen LogP) is 4.58. The van der Waals surface area contributed by atoms with Gasteiger partial charge >= 0.3 is 0 Å². The number of nitriles is 1. The highest BCUT2D eigenvalue weighted by molar-refractivity contribution is 6.08. The molecule has 2 aliphatic rings. The summed E-state index contributed by atoms with van der Waals surface area (Å²) >= 11 is 0. The Labute approximate surface area is 215 Å². The second-order valence-electron chi connectivity index (χ2n) is 10.1. The summed E-state index contributed by atoms with van der Waals surface area (Å²) in [5, 5.41) is 19.8. The van der Waals surface area contributed by atoms with Crippen molar-refractivity contribution in [3.8, 4) is 22.9 Å². The molecule has 0 saturated carbocycles. The van der Waals surface area contributed by atoms with Gasteiger partial charge in [0.2, 0.25) is 5.91 Å². The van der Waals surface area contributed by atoms with Crippen molar-refractivity contribution in [3.05, 3.63) is 60.3 Å². The lowest BCUT2D eigenvalue weighted by Crippen LogP contribution is -2.62. The quantitative estimate of drug-likeness (QED) is 0.419. The number of nitrogens with one attached hydrogen (secondary N) is 1. The number of carbonyl (C=O) groups excluding carboxylic acids is 1. The van der Waals surface area contributed by atoms with Crippen LogP contribution in [0.5, 0.6) is 5.75 Å². The van der Waals surface area contributed by atoms with Crippen LogP contribution >= 0.6 is 0 Å². The largest absolute Gasteiger partial charge is 0.497 e. The molecule has 6 rings (SSSR count). The van der Waals surface area contributed by atoms with E-state index in [0.29, 0.717) is 30.2 Å². The van der Waals surface area contributed by atoms with E-state index in [1.165, 1.54) is 6.08 Å². The van der Waals surface area contributed by atoms with Gasteiger partial charge < -0.3 is 14.5 Å². The Bertz CT molecular complexity index is 1630. The standard InChI is InChI=1S/C29H28N6O2/c1-5-25(36)34-15-29(16-34)10-11-35(18(29)3)28-21(13-30)27(20-8-7-19(37-4)12-24(20)32-28)26-17(2)6-9-23-22(26)14-31-33-23/h5-9,12,14,18H,1,10-11,15-16H2,2-4H3,(H,31,33)/t18-/m0/s1. The van der Waals surface area contributed by atoms with Crippen LogP contribution in [0.3, 0.4) is 0 Å². The van der Waals surface area contributed by atoms with Crippen molar-refractivity contribution in [3.63, 3.8) is 0 Å². The average Bonchev–Trinajstić information content (AvgIpc) is 3.50. The third-order valence-electron chi connectivity index (χ3n) is 8.34. The fraction of sp³-hybridized carbons (Fsp3) is 0.310. The Balaban J connectivity index is 1.56. The molecule has 1 atom stereocenters. The van der Waals surface area contributed by atoms with E-state index in [9.17, 15) is 10.1 Å². The van der Waals surface area contributed by atoms with Gasteiger partial charge in [0.1, 0.15) is 23.2 Å². The molecule has 37 heavy (non-hydrogen) atoms. The van der Waals surface area contributed by atoms with Crippen molar-refractivity contribution in [2.45, 2.75) is 26.3 Å². The number of likely N-dealkylation sites (tertiary alicyclic amines) is 1. The molecule has 8 nitrogen and oxygen atoms in total. The van der Waals surface area contributed by atoms with E-state index >= 15 is 0 Å². The minimum absolute atomic E-state index is 0.0168. The van der Waals surface area contributed by atoms with Crippen molar-refractivity contribution >= 4 is 33.5 Å². The first-order valence-electron chi connectivity index (χ1n) is 12.4. The molecule has 1 amide bonds. The summed E-state index contributed by atoms with van der Waals surface area (Å²) in [5.74, 6) is 1.36. The predicted molar refractivity (Wildman–Crippen MR) is 143 cm³/mol. The first-order chi connectivity index (χ1) is 17.9. The maximum absolute atomic E-state index is 12.1. The number of hydrogen-bond acceptors (Lipinski definition) is 6. The fourth-order valence-corrected chi connectivity index (χ4v) is 6.18. The average molecular weight is 493 g/mol. The Morgan fingerprint density at radius 2 is 2.08 bits per heavy atom. The van der Waals surface area contributed by atoms with Crippen molar-refractivity contribution in [1.29, 1.82) is 5.26 Å². The number of ether oxygens (including phenoxy) is 1. The molecule has 186 valence electrons. The lowest BCUT2D eigenvalue weighted by molar-refractivity contribution is -0.138. The van der Waals surface area contributed by atoms with Crippen molar-refractivity contribution in [2.75, 3.05) is 31.6 Å². The van der Waals surface area contributed by atoms with Gasteiger partial charge in [0.15, 0.2) is 0 Å². The van der Waals surface area contributed by atoms with Gasteiger partial charge in [-0.25, -0.2) is 4.98 Å². The van der Waals surface area contributed by atoms with Crippen LogP contribution < -0.4 is 9.64 Å². The molecule has 0 bridgehead atoms. The van der Waals surface area contributed by atoms with E-state index in [1.54, 1.807) is 7.11 Å². The molecule has 1 N–H and O–H groups in total. The number of aryl methyl sites for hydroxylation is 1. The van der Waals surface area contributed by atoms with Gasteiger partial charge in [0.25, 0.3) is 0 Å². The third-order valence-corrected chi connectivity index (χ3v) is 8.34. The van der Waals surface area contributed by atoms with E-state index in [-0.39, 0.29) is 17.4 Å². The number of amides is 1. The van der Waals surface area contributed by atoms with Gasteiger partial charge in [-0.05, 0) is 55.7 Å². The van der Waals surface area contributed by atoms with Gasteiger partial charge in [0, 0.05) is 53.5 Å². The molecule has 0 radical (unpaired) electrons. The van der Waals surface area contributed by atoms with Crippen LogP contribution in [0.25, 0.3) is 32.9 Å². The van der Waals surface area contributed by atoms with Crippen LogP contribution in [0.1, 0.15) is 24.5 Å². The van der Waals surface area contributed by atoms with Crippen LogP contribution in [0, 0.1) is 23.7 Å². The number of hydrogen-bond donors (Lipinski definition) is 1. The lowest BCUT2D eigenvalue weighted by Gasteiger charge is -2.51. The highest BCUT2D eigenvalue weighted by atomic mass is 16.5. The summed E-state index contributed by atoms with van der Waals surface area (Å²) in [6.07, 6.45) is 4.13. The Morgan fingerprint density at radius 1 is 1.27 bits per heavy atom. The topological polar surface area (TPSA) is 98.1 Å². The molecule has 2 aromatic heterocycles. The molecular formula is C29H28N6O2. The molecule has 2 aliphatic heterocycles. The number of H-pyrrole nitrogens is 1. The van der Waals surface area contributed by atoms with Crippen molar-refractivity contribution in [1.82, 2.24) is 20.1 Å². The number of nitrogens with zero attached hydrogens (tertiary/aromatic N) is 5. The summed E-state index contributed by atoms with van der Waals surface area (Å²) in [4.78, 5) is 21.3. The summed E-state index contributed by atoms with van der Waals surface area (Å²) in [7, 11) is 1.64. The molecule has 4 heterocycles. The molecule has 8 heteroatoms. The Hall–Kier alpha value is -4.38. The maximum atomic E-state index is 12.1. The fourth-order valence-electron chi connectivity index (χ4n) is 6.18. The minimum atomic E-state index is -0.0316. The van der Waals surface area contributed by atoms with Gasteiger partial charge in [0.05, 0.1) is 24.3 Å². The van der Waals surface area contributed by atoms with Gasteiger partial charge in [-0.3, -0.25) is 9.89 Å². The molecule has 0 aliphatic carbocycles. The number of aromatic amines is 1. The zero-order valence-corrected chi connectivity index (χ0v) is 21.2. The third kappa shape index (κ3) is 3.30. The summed E-state index contributed by atoms with van der Waals surface area (Å²) in [5.41, 5.74) is 5.12. The Morgan fingerprint density at radius 3 is 2.81 bits per heavy atom. The normalized spacial score (nSPS) is 18.3. The Kier molecular flexibility index (Phi) is 5.19. The van der Waals surface area contributed by atoms with Gasteiger partial charge in [-0.2, -0.15) is 10.4 Å². The first-order valence-corrected chi connectivity index (χ1v) is 12.4. The molecule has 2 aromatic carbocycles. The molecule has 1 spiro atoms. The maximum Gasteiger partial charge on any atom is 0.245 e. The number of benzene rings is 2. The van der Waals surface area contributed by atoms with Crippen LogP contribution in [0.4, 0.5) is 5.82 Å². The summed E-state index contributed by atoms with van der Waals surface area (Å²) in [6, 6.07) is 12.5. The molecule has 2 saturated heterocycles. The number of pyridine rings is 1. The van der Waals surface area contributed by atoms with Crippen LogP contribution in [0.2, 0.25) is 0 Å². The lowest BCUT2D eigenvalue weighted by atomic mass is 9.74. The van der Waals surface area contributed by atoms with E-state index in [2.05, 4.69) is 47.7 Å². The second kappa shape index (κ2) is 8.34. The zero-order chi connectivity index (χ0) is 25.9. The molecule has 2 fully saturated rings. The van der Waals surface area contributed by atoms with Crippen molar-refractivity contribution < 1.29 is 9.53 Å². The SMILES string of the molecule is C=CC(=O)N1CC2(CCN(c3nc4cc(OC)ccc4c(-c4c(C)ccc5[nH]ncc45)c3C#N)[C@H]2C)C1. The monoisotopic (exact) mass is 492 g/mol. The summed E-state index contributed by atoms with van der Waals surface area (Å²) in [6.45, 7) is 10.0. The van der Waals surface area contributed by atoms with E-state index in [4.69, 9.17) is 9.72 Å². The van der Waals surface area contributed by atoms with Crippen LogP contribution in [-0.4, -0.2) is 58.8 Å². The second-order valence-corrected chi connectivity index (χ2v) is 10.1. The van der Waals surface area contributed by atoms with Gasteiger partial charge in [-0.15, -0.1) is 0 Å². The summed E-state index contributed by atoms with van der Waals surface area (Å²) < 4.78 is 5.52. The highest BCUT2D eigenvalue weighted by Crippen LogP contribution is 2.48. The highest BCUT2D eigenvalue weighted by Gasteiger charge is 2.54. The molecule has 0 unspecified atom stereocenters. The number of rotatable bonds is 4. The zero-order valence-electron chi connectivity index (χ0n) is 21.2. The number of fused-ring (bicyclic) bond motifs is 2. The van der Waals surface area contributed by atoms with Crippen molar-refractivity contribution in [2.24, 2.45) is 5.41 Å². The first kappa shape index (κ1) is 23.0. The molecular weight excluding hydrogens is 464 g/mol. The number of anilines is 1. The number of aromatic nitrogens is 3. The van der Waals surface area contributed by atoms with Crippen LogP contribution in [-0.2, 0) is 4.79 Å². The van der Waals surface area contributed by atoms with Crippen LogP contribution in [0.15, 0.2) is 49.2 Å². The number of methoxy groups -OCH3 is 1. The van der Waals surface area contributed by atoms with E-state index < -0.39 is 0 Å². The van der Waals surface area contributed by atoms with E-state index in [0.717, 1.165) is 51.5 Å². The minimum Gasteiger partial charge on any atom is -0.497 e. The van der Waals surface area contributed by atoms with E-state index in [1.807, 2.05) is 35.4 Å². The number of carbonyl (C=O) groups is 1.